The molecule has 3 aromatic carbocycles. The number of nitrogens with zero attached hydrogens (tertiary/aromatic N) is 5. The molecule has 0 radical (unpaired) electrons. The SMILES string of the molecule is CC#CC1CCCN1C(=O)c1cc(-c2nnc(C(C)(N)Cc3ccccc3)o2)cc(-c2cccc(N(C)C)c2C#N)c1. The van der Waals surface area contributed by atoms with E-state index in [1.165, 1.54) is 0 Å². The maximum absolute atomic E-state index is 13.9. The number of nitriles is 1. The van der Waals surface area contributed by atoms with Gasteiger partial charge in [-0.2, -0.15) is 5.26 Å². The van der Waals surface area contributed by atoms with Gasteiger partial charge >= 0.3 is 0 Å². The fourth-order valence-electron chi connectivity index (χ4n) is 5.46. The topological polar surface area (TPSA) is 112 Å². The van der Waals surface area contributed by atoms with Gasteiger partial charge in [-0.05, 0) is 68.5 Å². The fourth-order valence-corrected chi connectivity index (χ4v) is 5.46. The molecule has 2 unspecified atom stereocenters. The van der Waals surface area contributed by atoms with Gasteiger partial charge in [0, 0.05) is 37.3 Å². The Morgan fingerprint density at radius 1 is 1.12 bits per heavy atom. The highest BCUT2D eigenvalue weighted by molar-refractivity contribution is 5.98. The predicted octanol–water partition coefficient (Wildman–Crippen LogP) is 5.39. The average molecular weight is 559 g/mol. The molecule has 2 atom stereocenters. The molecule has 0 spiro atoms. The number of amides is 1. The van der Waals surface area contributed by atoms with Crippen LogP contribution in [0.5, 0.6) is 0 Å². The van der Waals surface area contributed by atoms with Crippen LogP contribution >= 0.6 is 0 Å². The standard InChI is InChI=1S/C34H34N6O2/c1-5-11-27-14-10-17-40(27)32(41)26-19-24(28-15-9-16-30(39(3)4)29(28)22-35)18-25(20-26)31-37-38-33(42-31)34(2,36)21-23-12-7-6-8-13-23/h6-9,12-13,15-16,18-20,27H,10,14,17,21,36H2,1-4H3. The Morgan fingerprint density at radius 3 is 2.60 bits per heavy atom. The maximum Gasteiger partial charge on any atom is 0.254 e. The lowest BCUT2D eigenvalue weighted by atomic mass is 9.94. The minimum Gasteiger partial charge on any atom is -0.419 e. The van der Waals surface area contributed by atoms with Crippen molar-refractivity contribution >= 4 is 11.6 Å². The molecule has 8 nitrogen and oxygen atoms in total. The number of anilines is 1. The van der Waals surface area contributed by atoms with E-state index in [1.807, 2.05) is 91.5 Å². The van der Waals surface area contributed by atoms with E-state index >= 15 is 0 Å². The summed E-state index contributed by atoms with van der Waals surface area (Å²) in [6.07, 6.45) is 2.24. The molecule has 1 aliphatic heterocycles. The Bertz CT molecular complexity index is 1710. The summed E-state index contributed by atoms with van der Waals surface area (Å²) in [4.78, 5) is 17.6. The number of nitrogens with two attached hydrogens (primary N) is 1. The number of carbonyl (C=O) groups excluding carboxylic acids is 1. The van der Waals surface area contributed by atoms with Crippen molar-refractivity contribution in [2.24, 2.45) is 5.73 Å². The molecule has 1 amide bonds. The van der Waals surface area contributed by atoms with Gasteiger partial charge < -0.3 is 20.0 Å². The van der Waals surface area contributed by atoms with E-state index in [9.17, 15) is 10.1 Å². The van der Waals surface area contributed by atoms with Gasteiger partial charge in [0.2, 0.25) is 11.8 Å². The van der Waals surface area contributed by atoms with Gasteiger partial charge in [-0.15, -0.1) is 16.1 Å². The van der Waals surface area contributed by atoms with Gasteiger partial charge in [-0.25, -0.2) is 0 Å². The molecular weight excluding hydrogens is 524 g/mol. The first-order valence-corrected chi connectivity index (χ1v) is 14.0. The molecule has 4 aromatic rings. The molecule has 1 aromatic heterocycles. The lowest BCUT2D eigenvalue weighted by Crippen LogP contribution is -2.35. The summed E-state index contributed by atoms with van der Waals surface area (Å²) in [5.74, 6) is 6.54. The monoisotopic (exact) mass is 558 g/mol. The molecule has 2 heterocycles. The predicted molar refractivity (Wildman–Crippen MR) is 163 cm³/mol. The van der Waals surface area contributed by atoms with E-state index in [4.69, 9.17) is 10.2 Å². The quantitative estimate of drug-likeness (QED) is 0.303. The molecule has 1 fully saturated rings. The van der Waals surface area contributed by atoms with Gasteiger partial charge in [0.25, 0.3) is 5.91 Å². The molecule has 1 saturated heterocycles. The zero-order valence-corrected chi connectivity index (χ0v) is 24.4. The first kappa shape index (κ1) is 28.6. The van der Waals surface area contributed by atoms with E-state index in [1.54, 1.807) is 13.0 Å². The molecule has 42 heavy (non-hydrogen) atoms. The zero-order valence-electron chi connectivity index (χ0n) is 24.4. The third-order valence-corrected chi connectivity index (χ3v) is 7.53. The van der Waals surface area contributed by atoms with E-state index in [0.717, 1.165) is 24.1 Å². The van der Waals surface area contributed by atoms with Crippen LogP contribution < -0.4 is 10.6 Å². The van der Waals surface area contributed by atoms with Crippen LogP contribution in [0.25, 0.3) is 22.6 Å². The Labute approximate surface area is 246 Å². The third-order valence-electron chi connectivity index (χ3n) is 7.53. The minimum absolute atomic E-state index is 0.127. The molecule has 2 N–H and O–H groups in total. The number of likely N-dealkylation sites (tertiary alicyclic amines) is 1. The molecule has 5 rings (SSSR count). The summed E-state index contributed by atoms with van der Waals surface area (Å²) < 4.78 is 6.17. The summed E-state index contributed by atoms with van der Waals surface area (Å²) in [5.41, 5.74) is 10.5. The summed E-state index contributed by atoms with van der Waals surface area (Å²) in [5, 5.41) is 18.8. The van der Waals surface area contributed by atoms with Crippen molar-refractivity contribution in [3.63, 3.8) is 0 Å². The van der Waals surface area contributed by atoms with Crippen molar-refractivity contribution < 1.29 is 9.21 Å². The van der Waals surface area contributed by atoms with E-state index in [-0.39, 0.29) is 17.8 Å². The third kappa shape index (κ3) is 5.76. The highest BCUT2D eigenvalue weighted by Gasteiger charge is 2.31. The van der Waals surface area contributed by atoms with Crippen LogP contribution in [-0.2, 0) is 12.0 Å². The van der Waals surface area contributed by atoms with Crippen molar-refractivity contribution in [2.75, 3.05) is 25.5 Å². The minimum atomic E-state index is -0.904. The molecular formula is C34H34N6O2. The molecule has 0 saturated carbocycles. The van der Waals surface area contributed by atoms with Gasteiger partial charge in [-0.1, -0.05) is 48.4 Å². The summed E-state index contributed by atoms with van der Waals surface area (Å²) in [6, 6.07) is 23.3. The first-order valence-electron chi connectivity index (χ1n) is 14.0. The second-order valence-corrected chi connectivity index (χ2v) is 11.0. The largest absolute Gasteiger partial charge is 0.419 e. The van der Waals surface area contributed by atoms with Crippen LogP contribution in [0, 0.1) is 23.2 Å². The van der Waals surface area contributed by atoms with E-state index in [0.29, 0.717) is 46.7 Å². The van der Waals surface area contributed by atoms with Crippen LogP contribution in [0.4, 0.5) is 5.69 Å². The van der Waals surface area contributed by atoms with E-state index < -0.39 is 5.54 Å². The Hall–Kier alpha value is -4.92. The molecule has 0 bridgehead atoms. The van der Waals surface area contributed by atoms with Crippen molar-refractivity contribution in [1.29, 1.82) is 5.26 Å². The number of hydrogen-bond donors (Lipinski definition) is 1. The fraction of sp³-hybridized carbons (Fsp3) is 0.294. The lowest BCUT2D eigenvalue weighted by Gasteiger charge is -2.22. The maximum atomic E-state index is 13.9. The van der Waals surface area contributed by atoms with Gasteiger partial charge in [-0.3, -0.25) is 4.79 Å². The Kier molecular flexibility index (Phi) is 8.10. The van der Waals surface area contributed by atoms with Crippen LogP contribution in [-0.4, -0.2) is 47.7 Å². The van der Waals surface area contributed by atoms with Crippen molar-refractivity contribution in [1.82, 2.24) is 15.1 Å². The molecule has 0 aliphatic carbocycles. The second kappa shape index (κ2) is 11.9. The van der Waals surface area contributed by atoms with Gasteiger partial charge in [0.05, 0.1) is 22.8 Å². The number of aromatic nitrogens is 2. The lowest BCUT2D eigenvalue weighted by molar-refractivity contribution is 0.0766. The number of carbonyl (C=O) groups is 1. The zero-order chi connectivity index (χ0) is 29.9. The van der Waals surface area contributed by atoms with Gasteiger partial charge in [0.15, 0.2) is 0 Å². The van der Waals surface area contributed by atoms with Crippen LogP contribution in [0.2, 0.25) is 0 Å². The van der Waals surface area contributed by atoms with Crippen LogP contribution in [0.3, 0.4) is 0 Å². The van der Waals surface area contributed by atoms with Crippen molar-refractivity contribution in [3.05, 3.63) is 89.3 Å². The summed E-state index contributed by atoms with van der Waals surface area (Å²) in [7, 11) is 3.79. The molecule has 212 valence electrons. The molecule has 8 heteroatoms. The Balaban J connectivity index is 1.61. The number of hydrogen-bond acceptors (Lipinski definition) is 7. The number of benzene rings is 3. The second-order valence-electron chi connectivity index (χ2n) is 11.0. The highest BCUT2D eigenvalue weighted by Crippen LogP contribution is 2.35. The smallest absolute Gasteiger partial charge is 0.254 e. The van der Waals surface area contributed by atoms with Gasteiger partial charge in [0.1, 0.15) is 6.07 Å². The van der Waals surface area contributed by atoms with Crippen LogP contribution in [0.1, 0.15) is 54.1 Å². The average Bonchev–Trinajstić information content (AvgIpc) is 3.67. The normalized spacial score (nSPS) is 15.8. The molecule has 1 aliphatic rings. The van der Waals surface area contributed by atoms with Crippen molar-refractivity contribution in [3.8, 4) is 40.5 Å². The summed E-state index contributed by atoms with van der Waals surface area (Å²) >= 11 is 0. The van der Waals surface area contributed by atoms with Crippen molar-refractivity contribution in [2.45, 2.75) is 44.7 Å². The van der Waals surface area contributed by atoms with E-state index in [2.05, 4.69) is 28.1 Å². The number of rotatable bonds is 7. The Morgan fingerprint density at radius 2 is 1.88 bits per heavy atom. The first-order chi connectivity index (χ1) is 20.2. The summed E-state index contributed by atoms with van der Waals surface area (Å²) in [6.45, 7) is 4.28. The highest BCUT2D eigenvalue weighted by atomic mass is 16.4. The van der Waals surface area contributed by atoms with Crippen LogP contribution in [0.15, 0.2) is 71.1 Å².